The van der Waals surface area contributed by atoms with E-state index in [1.165, 1.54) is 0 Å². The van der Waals surface area contributed by atoms with E-state index in [0.717, 1.165) is 33.6 Å². The fourth-order valence-corrected chi connectivity index (χ4v) is 2.45. The van der Waals surface area contributed by atoms with Gasteiger partial charge < -0.3 is 9.84 Å². The zero-order chi connectivity index (χ0) is 14.9. The second-order valence-electron chi connectivity index (χ2n) is 5.04. The van der Waals surface area contributed by atoms with Crippen LogP contribution in [0.4, 0.5) is 0 Å². The van der Waals surface area contributed by atoms with Gasteiger partial charge >= 0.3 is 0 Å². The van der Waals surface area contributed by atoms with E-state index >= 15 is 0 Å². The van der Waals surface area contributed by atoms with Crippen molar-refractivity contribution in [2.75, 3.05) is 7.11 Å². The summed E-state index contributed by atoms with van der Waals surface area (Å²) < 4.78 is 5.46. The molecule has 1 atom stereocenters. The van der Waals surface area contributed by atoms with Crippen LogP contribution in [0.1, 0.15) is 33.9 Å². The first-order chi connectivity index (χ1) is 9.45. The highest BCUT2D eigenvalue weighted by Crippen LogP contribution is 2.35. The molecule has 1 N–H and O–H groups in total. The average molecular weight is 291 g/mol. The van der Waals surface area contributed by atoms with E-state index in [9.17, 15) is 5.11 Å². The van der Waals surface area contributed by atoms with Crippen LogP contribution in [0.5, 0.6) is 5.75 Å². The second kappa shape index (κ2) is 5.86. The van der Waals surface area contributed by atoms with E-state index in [0.29, 0.717) is 5.02 Å². The lowest BCUT2D eigenvalue weighted by molar-refractivity contribution is 0.214. The zero-order valence-electron chi connectivity index (χ0n) is 12.2. The highest BCUT2D eigenvalue weighted by molar-refractivity contribution is 6.31. The van der Waals surface area contributed by atoms with Crippen LogP contribution in [0.15, 0.2) is 30.3 Å². The van der Waals surface area contributed by atoms with Crippen LogP contribution < -0.4 is 4.74 Å². The minimum atomic E-state index is -0.748. The summed E-state index contributed by atoms with van der Waals surface area (Å²) in [6, 6.07) is 9.50. The van der Waals surface area contributed by atoms with E-state index in [2.05, 4.69) is 0 Å². The van der Waals surface area contributed by atoms with Crippen LogP contribution in [-0.4, -0.2) is 12.2 Å². The fourth-order valence-electron chi connectivity index (χ4n) is 2.26. The Labute approximate surface area is 125 Å². The molecule has 2 rings (SSSR count). The molecule has 3 heteroatoms. The first kappa shape index (κ1) is 14.9. The third-order valence-corrected chi connectivity index (χ3v) is 4.12. The Bertz CT molecular complexity index is 635. The summed E-state index contributed by atoms with van der Waals surface area (Å²) in [5.74, 6) is 0.731. The smallest absolute Gasteiger partial charge is 0.128 e. The summed E-state index contributed by atoms with van der Waals surface area (Å²) >= 11 is 6.13. The highest BCUT2D eigenvalue weighted by atomic mass is 35.5. The highest BCUT2D eigenvalue weighted by Gasteiger charge is 2.18. The molecule has 0 saturated heterocycles. The molecule has 20 heavy (non-hydrogen) atoms. The Balaban J connectivity index is 2.50. The van der Waals surface area contributed by atoms with Crippen LogP contribution in [0, 0.1) is 20.8 Å². The molecule has 2 aromatic rings. The number of aliphatic hydroxyl groups excluding tert-OH is 1. The van der Waals surface area contributed by atoms with Crippen LogP contribution in [0.2, 0.25) is 5.02 Å². The van der Waals surface area contributed by atoms with E-state index in [4.69, 9.17) is 16.3 Å². The Morgan fingerprint density at radius 2 is 1.70 bits per heavy atom. The van der Waals surface area contributed by atoms with Crippen molar-refractivity contribution in [1.29, 1.82) is 0 Å². The molecule has 2 nitrogen and oxygen atoms in total. The summed E-state index contributed by atoms with van der Waals surface area (Å²) in [5, 5.41) is 11.3. The Morgan fingerprint density at radius 1 is 1.05 bits per heavy atom. The molecule has 0 saturated carbocycles. The largest absolute Gasteiger partial charge is 0.496 e. The minimum absolute atomic E-state index is 0.657. The number of aryl methyl sites for hydroxylation is 2. The summed E-state index contributed by atoms with van der Waals surface area (Å²) in [7, 11) is 1.63. The standard InChI is InChI=1S/C17H19ClO2/c1-10-6-8-14(17(20-4)12(10)3)16(19)13-7-5-11(2)15(18)9-13/h5-9,16,19H,1-4H3. The van der Waals surface area contributed by atoms with Crippen molar-refractivity contribution in [2.45, 2.75) is 26.9 Å². The third-order valence-electron chi connectivity index (χ3n) is 3.72. The topological polar surface area (TPSA) is 29.5 Å². The van der Waals surface area contributed by atoms with Crippen molar-refractivity contribution in [3.8, 4) is 5.75 Å². The molecule has 106 valence electrons. The minimum Gasteiger partial charge on any atom is -0.496 e. The molecular formula is C17H19ClO2. The maximum atomic E-state index is 10.6. The normalized spacial score (nSPS) is 12.3. The van der Waals surface area contributed by atoms with E-state index in [1.807, 2.05) is 45.0 Å². The Hall–Kier alpha value is -1.51. The number of ether oxygens (including phenoxy) is 1. The van der Waals surface area contributed by atoms with Crippen molar-refractivity contribution < 1.29 is 9.84 Å². The molecule has 0 aliphatic carbocycles. The predicted octanol–water partition coefficient (Wildman–Crippen LogP) is 4.36. The van der Waals surface area contributed by atoms with Crippen LogP contribution in [0.25, 0.3) is 0 Å². The Kier molecular flexibility index (Phi) is 4.36. The first-order valence-electron chi connectivity index (χ1n) is 6.54. The van der Waals surface area contributed by atoms with Gasteiger partial charge in [0.2, 0.25) is 0 Å². The van der Waals surface area contributed by atoms with Gasteiger partial charge in [0.05, 0.1) is 7.11 Å². The molecule has 0 bridgehead atoms. The number of rotatable bonds is 3. The molecule has 0 aliphatic rings. The average Bonchev–Trinajstić information content (AvgIpc) is 2.44. The molecule has 0 spiro atoms. The number of hydrogen-bond acceptors (Lipinski definition) is 2. The van der Waals surface area contributed by atoms with Crippen molar-refractivity contribution >= 4 is 11.6 Å². The van der Waals surface area contributed by atoms with Gasteiger partial charge in [0, 0.05) is 10.6 Å². The SMILES string of the molecule is COc1c(C(O)c2ccc(C)c(Cl)c2)ccc(C)c1C. The molecule has 2 aromatic carbocycles. The van der Waals surface area contributed by atoms with Gasteiger partial charge in [-0.15, -0.1) is 0 Å². The molecule has 0 radical (unpaired) electrons. The zero-order valence-corrected chi connectivity index (χ0v) is 13.0. The van der Waals surface area contributed by atoms with Gasteiger partial charge in [-0.05, 0) is 49.1 Å². The predicted molar refractivity (Wildman–Crippen MR) is 82.7 cm³/mol. The number of halogens is 1. The summed E-state index contributed by atoms with van der Waals surface area (Å²) in [6.45, 7) is 5.96. The molecular weight excluding hydrogens is 272 g/mol. The van der Waals surface area contributed by atoms with Gasteiger partial charge in [-0.3, -0.25) is 0 Å². The van der Waals surface area contributed by atoms with Gasteiger partial charge in [-0.2, -0.15) is 0 Å². The number of methoxy groups -OCH3 is 1. The lowest BCUT2D eigenvalue weighted by Crippen LogP contribution is -2.04. The third kappa shape index (κ3) is 2.67. The molecule has 0 aromatic heterocycles. The summed E-state index contributed by atoms with van der Waals surface area (Å²) in [5.41, 5.74) is 4.70. The maximum absolute atomic E-state index is 10.6. The molecule has 0 amide bonds. The quantitative estimate of drug-likeness (QED) is 0.910. The van der Waals surface area contributed by atoms with E-state index in [-0.39, 0.29) is 0 Å². The molecule has 1 unspecified atom stereocenters. The van der Waals surface area contributed by atoms with Gasteiger partial charge in [0.1, 0.15) is 11.9 Å². The van der Waals surface area contributed by atoms with Crippen molar-refractivity contribution in [1.82, 2.24) is 0 Å². The van der Waals surface area contributed by atoms with Crippen LogP contribution >= 0.6 is 11.6 Å². The second-order valence-corrected chi connectivity index (χ2v) is 5.45. The lowest BCUT2D eigenvalue weighted by Gasteiger charge is -2.18. The number of hydrogen-bond donors (Lipinski definition) is 1. The van der Waals surface area contributed by atoms with Gasteiger partial charge in [0.25, 0.3) is 0 Å². The molecule has 0 heterocycles. The summed E-state index contributed by atoms with van der Waals surface area (Å²) in [6.07, 6.45) is -0.748. The first-order valence-corrected chi connectivity index (χ1v) is 6.91. The van der Waals surface area contributed by atoms with Crippen molar-refractivity contribution in [3.63, 3.8) is 0 Å². The van der Waals surface area contributed by atoms with E-state index in [1.54, 1.807) is 13.2 Å². The Morgan fingerprint density at radius 3 is 2.30 bits per heavy atom. The molecule has 0 aliphatic heterocycles. The number of aliphatic hydroxyl groups is 1. The van der Waals surface area contributed by atoms with Gasteiger partial charge in [-0.25, -0.2) is 0 Å². The monoisotopic (exact) mass is 290 g/mol. The summed E-state index contributed by atoms with van der Waals surface area (Å²) in [4.78, 5) is 0. The van der Waals surface area contributed by atoms with Crippen molar-refractivity contribution in [2.24, 2.45) is 0 Å². The fraction of sp³-hybridized carbons (Fsp3) is 0.294. The lowest BCUT2D eigenvalue weighted by atomic mass is 9.96. The van der Waals surface area contributed by atoms with E-state index < -0.39 is 6.10 Å². The number of benzene rings is 2. The van der Waals surface area contributed by atoms with Gasteiger partial charge in [0.15, 0.2) is 0 Å². The van der Waals surface area contributed by atoms with Gasteiger partial charge in [-0.1, -0.05) is 35.9 Å². The van der Waals surface area contributed by atoms with Crippen molar-refractivity contribution in [3.05, 3.63) is 63.2 Å². The molecule has 0 fully saturated rings. The van der Waals surface area contributed by atoms with Crippen LogP contribution in [0.3, 0.4) is 0 Å². The van der Waals surface area contributed by atoms with Crippen LogP contribution in [-0.2, 0) is 0 Å². The maximum Gasteiger partial charge on any atom is 0.128 e.